The zero-order chi connectivity index (χ0) is 13.5. The van der Waals surface area contributed by atoms with Crippen LogP contribution in [-0.2, 0) is 10.1 Å². The van der Waals surface area contributed by atoms with Gasteiger partial charge >= 0.3 is 0 Å². The van der Waals surface area contributed by atoms with Gasteiger partial charge in [0.05, 0.1) is 11.0 Å². The molecule has 0 fully saturated rings. The molecule has 4 N–H and O–H groups in total. The molecule has 0 radical (unpaired) electrons. The van der Waals surface area contributed by atoms with Gasteiger partial charge in [-0.15, -0.1) is 0 Å². The number of hydrogen-bond donors (Lipinski definition) is 3. The maximum absolute atomic E-state index is 10.6. The van der Waals surface area contributed by atoms with Gasteiger partial charge in [-0.05, 0) is 25.0 Å². The second-order valence-electron chi connectivity index (χ2n) is 3.54. The fraction of sp³-hybridized carbons (Fsp3) is 0.455. The molecule has 0 saturated heterocycles. The average Bonchev–Trinajstić information content (AvgIpc) is 2.28. The molecule has 1 atom stereocenters. The quantitative estimate of drug-likeness (QED) is 0.703. The van der Waals surface area contributed by atoms with Crippen LogP contribution in [0, 0.1) is 6.92 Å². The third kappa shape index (κ3) is 6.38. The second kappa shape index (κ2) is 7.39. The fourth-order valence-electron chi connectivity index (χ4n) is 1.01. The lowest BCUT2D eigenvalue weighted by molar-refractivity contribution is 0.179. The van der Waals surface area contributed by atoms with E-state index in [1.165, 1.54) is 6.07 Å². The van der Waals surface area contributed by atoms with Gasteiger partial charge in [-0.25, -0.2) is 0 Å². The van der Waals surface area contributed by atoms with Crippen molar-refractivity contribution in [3.05, 3.63) is 29.8 Å². The van der Waals surface area contributed by atoms with Crippen LogP contribution in [0.3, 0.4) is 0 Å². The van der Waals surface area contributed by atoms with Crippen LogP contribution < -0.4 is 5.73 Å². The van der Waals surface area contributed by atoms with Gasteiger partial charge in [-0.1, -0.05) is 25.1 Å². The normalized spacial score (nSPS) is 12.5. The molecule has 5 nitrogen and oxygen atoms in total. The smallest absolute Gasteiger partial charge is 0.294 e. The molecule has 0 heterocycles. The van der Waals surface area contributed by atoms with Crippen LogP contribution in [0.1, 0.15) is 18.9 Å². The summed E-state index contributed by atoms with van der Waals surface area (Å²) < 4.78 is 29.9. The molecule has 1 aromatic rings. The Morgan fingerprint density at radius 2 is 1.88 bits per heavy atom. The SMILES string of the molecule is CCC(O)CN.Cc1ccccc1S(=O)(=O)O. The number of aliphatic hydroxyl groups excluding tert-OH is 1. The number of rotatable bonds is 3. The van der Waals surface area contributed by atoms with Crippen LogP contribution in [0.15, 0.2) is 29.2 Å². The average molecular weight is 261 g/mol. The zero-order valence-electron chi connectivity index (χ0n) is 10.00. The molecule has 0 bridgehead atoms. The molecule has 0 aliphatic heterocycles. The molecule has 0 spiro atoms. The zero-order valence-corrected chi connectivity index (χ0v) is 10.8. The van der Waals surface area contributed by atoms with Crippen molar-refractivity contribution >= 4 is 10.1 Å². The lowest BCUT2D eigenvalue weighted by Crippen LogP contribution is -2.17. The number of aliphatic hydroxyl groups is 1. The summed E-state index contributed by atoms with van der Waals surface area (Å²) in [6, 6.07) is 6.27. The molecule has 0 aromatic heterocycles. The Hall–Kier alpha value is -0.950. The summed E-state index contributed by atoms with van der Waals surface area (Å²) in [4.78, 5) is -0.0278. The summed E-state index contributed by atoms with van der Waals surface area (Å²) in [6.45, 7) is 3.91. The maximum Gasteiger partial charge on any atom is 0.294 e. The van der Waals surface area contributed by atoms with Crippen molar-refractivity contribution in [1.82, 2.24) is 0 Å². The Morgan fingerprint density at radius 3 is 2.12 bits per heavy atom. The van der Waals surface area contributed by atoms with E-state index in [9.17, 15) is 8.42 Å². The molecule has 0 amide bonds. The van der Waals surface area contributed by atoms with Crippen molar-refractivity contribution in [2.45, 2.75) is 31.3 Å². The summed E-state index contributed by atoms with van der Waals surface area (Å²) in [5.74, 6) is 0. The van der Waals surface area contributed by atoms with Gasteiger partial charge in [0.15, 0.2) is 0 Å². The third-order valence-electron chi connectivity index (χ3n) is 2.11. The molecule has 0 aliphatic carbocycles. The van der Waals surface area contributed by atoms with Crippen molar-refractivity contribution in [2.75, 3.05) is 6.54 Å². The lowest BCUT2D eigenvalue weighted by Gasteiger charge is -1.99. The van der Waals surface area contributed by atoms with Crippen LogP contribution in [0.2, 0.25) is 0 Å². The van der Waals surface area contributed by atoms with Gasteiger partial charge in [0.2, 0.25) is 0 Å². The highest BCUT2D eigenvalue weighted by Gasteiger charge is 2.10. The Balaban J connectivity index is 0.000000366. The van der Waals surface area contributed by atoms with Crippen LogP contribution >= 0.6 is 0 Å². The van der Waals surface area contributed by atoms with Crippen molar-refractivity contribution in [2.24, 2.45) is 5.73 Å². The van der Waals surface area contributed by atoms with E-state index in [4.69, 9.17) is 15.4 Å². The molecule has 0 saturated carbocycles. The molecule has 1 rings (SSSR count). The summed E-state index contributed by atoms with van der Waals surface area (Å²) in [6.07, 6.45) is 0.473. The number of benzene rings is 1. The first-order valence-corrected chi connectivity index (χ1v) is 6.68. The fourth-order valence-corrected chi connectivity index (χ4v) is 1.74. The first-order chi connectivity index (χ1) is 7.82. The lowest BCUT2D eigenvalue weighted by atomic mass is 10.2. The third-order valence-corrected chi connectivity index (χ3v) is 3.13. The molecule has 0 aliphatic rings. The maximum atomic E-state index is 10.6. The summed E-state index contributed by atoms with van der Waals surface area (Å²) >= 11 is 0. The summed E-state index contributed by atoms with van der Waals surface area (Å²) in [7, 11) is -4.03. The summed E-state index contributed by atoms with van der Waals surface area (Å²) in [5, 5.41) is 8.54. The van der Waals surface area contributed by atoms with E-state index < -0.39 is 10.1 Å². The van der Waals surface area contributed by atoms with Gasteiger partial charge in [-0.3, -0.25) is 4.55 Å². The van der Waals surface area contributed by atoms with Crippen LogP contribution in [-0.4, -0.2) is 30.7 Å². The second-order valence-corrected chi connectivity index (χ2v) is 4.93. The van der Waals surface area contributed by atoms with Crippen molar-refractivity contribution in [1.29, 1.82) is 0 Å². The largest absolute Gasteiger partial charge is 0.392 e. The van der Waals surface area contributed by atoms with Crippen molar-refractivity contribution in [3.63, 3.8) is 0 Å². The summed E-state index contributed by atoms with van der Waals surface area (Å²) in [5.41, 5.74) is 5.58. The number of aryl methyl sites for hydroxylation is 1. The Kier molecular flexibility index (Phi) is 6.98. The van der Waals surface area contributed by atoms with Crippen molar-refractivity contribution < 1.29 is 18.1 Å². The van der Waals surface area contributed by atoms with E-state index >= 15 is 0 Å². The van der Waals surface area contributed by atoms with E-state index in [0.717, 1.165) is 6.42 Å². The number of nitrogens with two attached hydrogens (primary N) is 1. The molecule has 1 aromatic carbocycles. The molecular weight excluding hydrogens is 242 g/mol. The van der Waals surface area contributed by atoms with Gasteiger partial charge in [-0.2, -0.15) is 8.42 Å². The number of hydrogen-bond acceptors (Lipinski definition) is 4. The highest BCUT2D eigenvalue weighted by atomic mass is 32.2. The predicted octanol–water partition coefficient (Wildman–Crippen LogP) is 0.958. The monoisotopic (exact) mass is 261 g/mol. The minimum Gasteiger partial charge on any atom is -0.392 e. The van der Waals surface area contributed by atoms with Crippen LogP contribution in [0.5, 0.6) is 0 Å². The first-order valence-electron chi connectivity index (χ1n) is 5.24. The molecule has 1 unspecified atom stereocenters. The highest BCUT2D eigenvalue weighted by Crippen LogP contribution is 2.12. The Labute approximate surface area is 102 Å². The van der Waals surface area contributed by atoms with E-state index in [-0.39, 0.29) is 11.0 Å². The van der Waals surface area contributed by atoms with Crippen LogP contribution in [0.25, 0.3) is 0 Å². The highest BCUT2D eigenvalue weighted by molar-refractivity contribution is 7.85. The standard InChI is InChI=1S/C7H8O3S.C4H11NO/c1-6-4-2-3-5-7(6)11(8,9)10;1-2-4(6)3-5/h2-5H,1H3,(H,8,9,10);4,6H,2-3,5H2,1H3. The minimum atomic E-state index is -4.03. The first kappa shape index (κ1) is 16.1. The van der Waals surface area contributed by atoms with E-state index in [0.29, 0.717) is 12.1 Å². The van der Waals surface area contributed by atoms with E-state index in [1.807, 2.05) is 6.92 Å². The molecule has 98 valence electrons. The minimum absolute atomic E-state index is 0.0278. The van der Waals surface area contributed by atoms with Gasteiger partial charge in [0.1, 0.15) is 0 Å². The Morgan fingerprint density at radius 1 is 1.35 bits per heavy atom. The molecule has 17 heavy (non-hydrogen) atoms. The van der Waals surface area contributed by atoms with E-state index in [1.54, 1.807) is 25.1 Å². The van der Waals surface area contributed by atoms with E-state index in [2.05, 4.69) is 0 Å². The van der Waals surface area contributed by atoms with Gasteiger partial charge in [0, 0.05) is 6.54 Å². The van der Waals surface area contributed by atoms with Crippen molar-refractivity contribution in [3.8, 4) is 0 Å². The molecule has 6 heteroatoms. The van der Waals surface area contributed by atoms with Gasteiger partial charge in [0.25, 0.3) is 10.1 Å². The Bertz CT molecular complexity index is 427. The van der Waals surface area contributed by atoms with Gasteiger partial charge < -0.3 is 10.8 Å². The van der Waals surface area contributed by atoms with Crippen LogP contribution in [0.4, 0.5) is 0 Å². The topological polar surface area (TPSA) is 101 Å². The molecular formula is C11H19NO4S. The predicted molar refractivity (Wildman–Crippen MR) is 66.3 cm³/mol.